The van der Waals surface area contributed by atoms with E-state index in [1.54, 1.807) is 16.8 Å². The number of hydrogen-bond acceptors (Lipinski definition) is 9. The van der Waals surface area contributed by atoms with Crippen molar-refractivity contribution >= 4 is 72.6 Å². The normalized spacial score (nSPS) is 18.8. The standard InChI is InChI=1S/C39H38FN7O7S/c1-45-31-20-27(8-10-29(31)37(43-45)30-11-12-33(48)42-39(30)51)46-15-13-23(14-16-46)17-34(49)41-26-7-9-28-25(18-26)19-32(54-22-24-5-3-2-4-6-24)38(36(28)40)47-21-35(50)44-55(47,52)53/h2-10,18-20,23,30H,11-17,21-22H2,1H3,(H,41,49)(H,44,50)(H,42,48,51)/t30-/m0/s1. The van der Waals surface area contributed by atoms with Crippen LogP contribution in [0.25, 0.3) is 21.7 Å². The molecule has 3 fully saturated rings. The number of hydrogen-bond donors (Lipinski definition) is 3. The van der Waals surface area contributed by atoms with Gasteiger partial charge in [0.05, 0.1) is 17.1 Å². The van der Waals surface area contributed by atoms with Gasteiger partial charge in [-0.1, -0.05) is 30.3 Å². The van der Waals surface area contributed by atoms with E-state index in [9.17, 15) is 27.6 Å². The summed E-state index contributed by atoms with van der Waals surface area (Å²) in [5.74, 6) is -2.81. The first kappa shape index (κ1) is 36.0. The Kier molecular flexibility index (Phi) is 9.37. The molecule has 5 aromatic rings. The van der Waals surface area contributed by atoms with Crippen LogP contribution in [0.2, 0.25) is 0 Å². The molecule has 4 amide bonds. The van der Waals surface area contributed by atoms with Crippen molar-refractivity contribution < 1.29 is 36.7 Å². The molecule has 4 aromatic carbocycles. The summed E-state index contributed by atoms with van der Waals surface area (Å²) >= 11 is 0. The molecule has 3 aliphatic rings. The van der Waals surface area contributed by atoms with Crippen molar-refractivity contribution in [3.63, 3.8) is 0 Å². The predicted octanol–water partition coefficient (Wildman–Crippen LogP) is 4.39. The Labute approximate surface area is 315 Å². The van der Waals surface area contributed by atoms with E-state index in [1.807, 2.05) is 54.2 Å². The molecule has 0 radical (unpaired) electrons. The van der Waals surface area contributed by atoms with Crippen LogP contribution in [-0.2, 0) is 43.0 Å². The maximum Gasteiger partial charge on any atom is 0.326 e. The van der Waals surface area contributed by atoms with Crippen LogP contribution in [0.4, 0.5) is 21.5 Å². The van der Waals surface area contributed by atoms with Gasteiger partial charge in [0, 0.05) is 55.1 Å². The fourth-order valence-corrected chi connectivity index (χ4v) is 8.84. The van der Waals surface area contributed by atoms with Crippen LogP contribution < -0.4 is 29.3 Å². The van der Waals surface area contributed by atoms with Gasteiger partial charge in [-0.3, -0.25) is 29.2 Å². The maximum atomic E-state index is 16.2. The van der Waals surface area contributed by atoms with Crippen molar-refractivity contribution in [2.45, 2.75) is 44.6 Å². The van der Waals surface area contributed by atoms with Crippen molar-refractivity contribution in [1.29, 1.82) is 0 Å². The molecule has 4 heterocycles. The summed E-state index contributed by atoms with van der Waals surface area (Å²) in [4.78, 5) is 51.8. The zero-order valence-electron chi connectivity index (χ0n) is 29.9. The first-order chi connectivity index (χ1) is 26.4. The molecule has 0 spiro atoms. The molecular formula is C39H38FN7O7S. The molecule has 3 N–H and O–H groups in total. The third-order valence-electron chi connectivity index (χ3n) is 10.5. The number of rotatable bonds is 9. The first-order valence-corrected chi connectivity index (χ1v) is 19.5. The van der Waals surface area contributed by atoms with Gasteiger partial charge in [-0.15, -0.1) is 0 Å². The molecule has 1 aromatic heterocycles. The molecule has 0 bridgehead atoms. The van der Waals surface area contributed by atoms with Crippen molar-refractivity contribution in [1.82, 2.24) is 19.8 Å². The highest BCUT2D eigenvalue weighted by atomic mass is 32.2. The Morgan fingerprint density at radius 1 is 0.964 bits per heavy atom. The zero-order chi connectivity index (χ0) is 38.4. The number of nitrogens with one attached hydrogen (secondary N) is 3. The van der Waals surface area contributed by atoms with E-state index in [-0.39, 0.29) is 53.5 Å². The van der Waals surface area contributed by atoms with Gasteiger partial charge in [0.1, 0.15) is 24.6 Å². The Hall–Kier alpha value is -6.03. The third kappa shape index (κ3) is 7.16. The van der Waals surface area contributed by atoms with Crippen LogP contribution in [0.3, 0.4) is 0 Å². The van der Waals surface area contributed by atoms with Gasteiger partial charge >= 0.3 is 10.2 Å². The molecule has 8 rings (SSSR count). The van der Waals surface area contributed by atoms with Crippen LogP contribution in [-0.4, -0.2) is 61.5 Å². The van der Waals surface area contributed by atoms with E-state index in [1.165, 1.54) is 12.1 Å². The van der Waals surface area contributed by atoms with Crippen LogP contribution >= 0.6 is 0 Å². The molecule has 1 atom stereocenters. The van der Waals surface area contributed by atoms with E-state index in [2.05, 4.69) is 26.7 Å². The predicted molar refractivity (Wildman–Crippen MR) is 203 cm³/mol. The largest absolute Gasteiger partial charge is 0.487 e. The molecule has 0 saturated carbocycles. The number of carbonyl (C=O) groups is 4. The average Bonchev–Trinajstić information content (AvgIpc) is 3.63. The van der Waals surface area contributed by atoms with Crippen molar-refractivity contribution in [2.24, 2.45) is 13.0 Å². The second-order valence-electron chi connectivity index (χ2n) is 14.2. The Bertz CT molecular complexity index is 2480. The number of ether oxygens (including phenoxy) is 1. The van der Waals surface area contributed by atoms with E-state index in [0.717, 1.165) is 48.1 Å². The van der Waals surface area contributed by atoms with E-state index in [4.69, 9.17) is 4.74 Å². The number of carbonyl (C=O) groups excluding carboxylic acids is 4. The van der Waals surface area contributed by atoms with E-state index in [0.29, 0.717) is 33.9 Å². The van der Waals surface area contributed by atoms with Gasteiger partial charge in [0.2, 0.25) is 17.7 Å². The van der Waals surface area contributed by atoms with Gasteiger partial charge in [-0.05, 0) is 78.6 Å². The molecule has 14 nitrogen and oxygen atoms in total. The minimum atomic E-state index is -4.33. The van der Waals surface area contributed by atoms with Gasteiger partial charge < -0.3 is 15.0 Å². The van der Waals surface area contributed by atoms with Crippen molar-refractivity contribution in [3.05, 3.63) is 89.9 Å². The summed E-state index contributed by atoms with van der Waals surface area (Å²) in [7, 11) is -2.49. The number of halogens is 1. The summed E-state index contributed by atoms with van der Waals surface area (Å²) in [5.41, 5.74) is 3.44. The summed E-state index contributed by atoms with van der Waals surface area (Å²) in [6.07, 6.45) is 2.60. The minimum Gasteiger partial charge on any atom is -0.487 e. The molecule has 16 heteroatoms. The molecule has 0 aliphatic carbocycles. The number of amides is 4. The van der Waals surface area contributed by atoms with Crippen molar-refractivity contribution in [2.75, 3.05) is 34.2 Å². The molecule has 55 heavy (non-hydrogen) atoms. The van der Waals surface area contributed by atoms with Gasteiger partial charge in [-0.25, -0.2) is 13.4 Å². The van der Waals surface area contributed by atoms with Gasteiger partial charge in [0.15, 0.2) is 5.82 Å². The number of aryl methyl sites for hydroxylation is 1. The van der Waals surface area contributed by atoms with E-state index < -0.39 is 34.4 Å². The molecule has 3 saturated heterocycles. The number of fused-ring (bicyclic) bond motifs is 2. The maximum absolute atomic E-state index is 16.2. The number of imide groups is 1. The lowest BCUT2D eigenvalue weighted by Gasteiger charge is -2.33. The molecule has 3 aliphatic heterocycles. The fraction of sp³-hybridized carbons (Fsp3) is 0.308. The summed E-state index contributed by atoms with van der Waals surface area (Å²) in [5, 5.41) is 11.4. The van der Waals surface area contributed by atoms with Crippen LogP contribution in [0.1, 0.15) is 49.3 Å². The van der Waals surface area contributed by atoms with Crippen LogP contribution in [0.15, 0.2) is 72.8 Å². The smallest absolute Gasteiger partial charge is 0.326 e. The number of aromatic nitrogens is 2. The number of benzene rings is 4. The highest BCUT2D eigenvalue weighted by Crippen LogP contribution is 2.41. The summed E-state index contributed by atoms with van der Waals surface area (Å²) in [6.45, 7) is 0.927. The first-order valence-electron chi connectivity index (χ1n) is 18.0. The van der Waals surface area contributed by atoms with Gasteiger partial charge in [0.25, 0.3) is 5.91 Å². The second-order valence-corrected chi connectivity index (χ2v) is 15.8. The summed E-state index contributed by atoms with van der Waals surface area (Å²) in [6, 6.07) is 21.3. The van der Waals surface area contributed by atoms with E-state index >= 15 is 4.39 Å². The lowest BCUT2D eigenvalue weighted by molar-refractivity contribution is -0.134. The van der Waals surface area contributed by atoms with Crippen LogP contribution in [0, 0.1) is 11.7 Å². The monoisotopic (exact) mass is 767 g/mol. The Morgan fingerprint density at radius 2 is 1.73 bits per heavy atom. The topological polar surface area (TPSA) is 172 Å². The molecule has 284 valence electrons. The second kappa shape index (κ2) is 14.3. The third-order valence-corrected chi connectivity index (χ3v) is 11.9. The Morgan fingerprint density at radius 3 is 2.45 bits per heavy atom. The number of nitrogens with zero attached hydrogens (tertiary/aromatic N) is 4. The lowest BCUT2D eigenvalue weighted by atomic mass is 9.92. The lowest BCUT2D eigenvalue weighted by Crippen LogP contribution is -2.39. The molecular weight excluding hydrogens is 730 g/mol. The summed E-state index contributed by atoms with van der Waals surface area (Å²) < 4.78 is 52.0. The average molecular weight is 768 g/mol. The van der Waals surface area contributed by atoms with Crippen molar-refractivity contribution in [3.8, 4) is 5.75 Å². The number of anilines is 3. The van der Waals surface area contributed by atoms with Gasteiger partial charge in [-0.2, -0.15) is 13.5 Å². The SMILES string of the molecule is Cn1nc([C@@H]2CCC(=O)NC2=O)c2ccc(N3CCC(CC(=O)Nc4ccc5c(F)c(N6CC(=O)NS6(=O)=O)c(OCc6ccccc6)cc5c4)CC3)cc21. The van der Waals surface area contributed by atoms with Crippen LogP contribution in [0.5, 0.6) is 5.75 Å². The minimum absolute atomic E-state index is 0.0206. The highest BCUT2D eigenvalue weighted by Gasteiger charge is 2.38. The molecule has 0 unspecified atom stereocenters. The quantitative estimate of drug-likeness (QED) is 0.184. The zero-order valence-corrected chi connectivity index (χ0v) is 30.7. The Balaban J connectivity index is 0.938. The number of piperidine rings is 2. The fourth-order valence-electron chi connectivity index (χ4n) is 7.68. The highest BCUT2D eigenvalue weighted by molar-refractivity contribution is 7.92.